The minimum absolute atomic E-state index is 0.00803. The lowest BCUT2D eigenvalue weighted by Gasteiger charge is -2.26. The molecule has 0 radical (unpaired) electrons. The van der Waals surface area contributed by atoms with Gasteiger partial charge in [0.2, 0.25) is 5.91 Å². The van der Waals surface area contributed by atoms with Crippen molar-refractivity contribution >= 4 is 11.7 Å². The predicted octanol–water partition coefficient (Wildman–Crippen LogP) is 4.14. The number of hydrogen-bond donors (Lipinski definition) is 1. The van der Waals surface area contributed by atoms with Gasteiger partial charge in [0, 0.05) is 11.8 Å². The molecule has 1 aromatic carbocycles. The number of aryl methyl sites for hydroxylation is 2. The van der Waals surface area contributed by atoms with Gasteiger partial charge in [-0.15, -0.1) is 0 Å². The molecule has 1 aliphatic carbocycles. The standard InChI is InChI=1S/C20H29NO2/c1-14(22)11-12-20(3,4)19(23)21-15(2)17-10-9-16-7-5-6-8-18(16)13-17/h9-10,13,15H,5-8,11-12H2,1-4H3,(H,21,23)/t15-/m1/s1. The zero-order chi connectivity index (χ0) is 17.0. The molecular formula is C20H29NO2. The van der Waals surface area contributed by atoms with Crippen LogP contribution in [0.4, 0.5) is 0 Å². The first-order valence-electron chi connectivity index (χ1n) is 8.72. The molecule has 2 rings (SSSR count). The maximum Gasteiger partial charge on any atom is 0.226 e. The summed E-state index contributed by atoms with van der Waals surface area (Å²) in [6, 6.07) is 6.60. The summed E-state index contributed by atoms with van der Waals surface area (Å²) in [6.45, 7) is 7.42. The van der Waals surface area contributed by atoms with E-state index >= 15 is 0 Å². The van der Waals surface area contributed by atoms with Gasteiger partial charge >= 0.3 is 0 Å². The first-order valence-corrected chi connectivity index (χ1v) is 8.72. The Kier molecular flexibility index (Phi) is 5.61. The average Bonchev–Trinajstić information content (AvgIpc) is 2.52. The summed E-state index contributed by atoms with van der Waals surface area (Å²) in [4.78, 5) is 23.7. The van der Waals surface area contributed by atoms with Crippen LogP contribution >= 0.6 is 0 Å². The number of rotatable bonds is 6. The van der Waals surface area contributed by atoms with E-state index in [0.717, 1.165) is 6.42 Å². The van der Waals surface area contributed by atoms with E-state index in [9.17, 15) is 9.59 Å². The van der Waals surface area contributed by atoms with E-state index in [0.29, 0.717) is 12.8 Å². The van der Waals surface area contributed by atoms with Crippen LogP contribution in [-0.4, -0.2) is 11.7 Å². The van der Waals surface area contributed by atoms with E-state index in [2.05, 4.69) is 23.5 Å². The van der Waals surface area contributed by atoms with Crippen molar-refractivity contribution in [2.75, 3.05) is 0 Å². The lowest BCUT2D eigenvalue weighted by atomic mass is 9.85. The van der Waals surface area contributed by atoms with Gasteiger partial charge in [-0.3, -0.25) is 4.79 Å². The summed E-state index contributed by atoms with van der Waals surface area (Å²) < 4.78 is 0. The number of carbonyl (C=O) groups is 2. The minimum Gasteiger partial charge on any atom is -0.349 e. The molecule has 0 aliphatic heterocycles. The third-order valence-electron chi connectivity index (χ3n) is 4.94. The van der Waals surface area contributed by atoms with Gasteiger partial charge in [0.05, 0.1) is 6.04 Å². The molecule has 126 valence electrons. The molecule has 0 unspecified atom stereocenters. The van der Waals surface area contributed by atoms with E-state index in [1.807, 2.05) is 20.8 Å². The maximum atomic E-state index is 12.5. The lowest BCUT2D eigenvalue weighted by Crippen LogP contribution is -2.38. The van der Waals surface area contributed by atoms with Crippen LogP contribution in [0.1, 0.15) is 76.1 Å². The van der Waals surface area contributed by atoms with Crippen LogP contribution in [0.3, 0.4) is 0 Å². The van der Waals surface area contributed by atoms with Gasteiger partial charge in [-0.1, -0.05) is 32.0 Å². The molecule has 0 spiro atoms. The van der Waals surface area contributed by atoms with Crippen molar-refractivity contribution in [1.29, 1.82) is 0 Å². The smallest absolute Gasteiger partial charge is 0.226 e. The van der Waals surface area contributed by atoms with Crippen molar-refractivity contribution in [3.8, 4) is 0 Å². The third-order valence-corrected chi connectivity index (χ3v) is 4.94. The van der Waals surface area contributed by atoms with E-state index in [4.69, 9.17) is 0 Å². The lowest BCUT2D eigenvalue weighted by molar-refractivity contribution is -0.130. The Hall–Kier alpha value is -1.64. The number of nitrogens with one attached hydrogen (secondary N) is 1. The highest BCUT2D eigenvalue weighted by Gasteiger charge is 2.29. The Balaban J connectivity index is 2.01. The summed E-state index contributed by atoms with van der Waals surface area (Å²) in [7, 11) is 0. The van der Waals surface area contributed by atoms with Crippen molar-refractivity contribution in [1.82, 2.24) is 5.32 Å². The van der Waals surface area contributed by atoms with Gasteiger partial charge in [-0.25, -0.2) is 0 Å². The summed E-state index contributed by atoms with van der Waals surface area (Å²) in [5, 5.41) is 3.12. The number of ketones is 1. The van der Waals surface area contributed by atoms with Crippen LogP contribution in [0, 0.1) is 5.41 Å². The van der Waals surface area contributed by atoms with Crippen molar-refractivity contribution in [2.24, 2.45) is 5.41 Å². The number of fused-ring (bicyclic) bond motifs is 1. The Labute approximate surface area is 139 Å². The van der Waals surface area contributed by atoms with Gasteiger partial charge in [-0.2, -0.15) is 0 Å². The van der Waals surface area contributed by atoms with E-state index < -0.39 is 5.41 Å². The van der Waals surface area contributed by atoms with Crippen LogP contribution in [0.5, 0.6) is 0 Å². The molecule has 0 saturated carbocycles. The van der Waals surface area contributed by atoms with Gasteiger partial charge in [0.15, 0.2) is 0 Å². The fraction of sp³-hybridized carbons (Fsp3) is 0.600. The largest absolute Gasteiger partial charge is 0.349 e. The average molecular weight is 315 g/mol. The Morgan fingerprint density at radius 1 is 1.17 bits per heavy atom. The molecule has 0 aromatic heterocycles. The van der Waals surface area contributed by atoms with Crippen molar-refractivity contribution in [2.45, 2.75) is 72.3 Å². The van der Waals surface area contributed by atoms with Crippen LogP contribution in [0.2, 0.25) is 0 Å². The normalized spacial score (nSPS) is 15.7. The molecule has 1 N–H and O–H groups in total. The molecule has 1 aromatic rings. The second-order valence-electron chi connectivity index (χ2n) is 7.52. The minimum atomic E-state index is -0.520. The van der Waals surface area contributed by atoms with Crippen LogP contribution < -0.4 is 5.32 Å². The number of benzene rings is 1. The predicted molar refractivity (Wildman–Crippen MR) is 93.3 cm³/mol. The maximum absolute atomic E-state index is 12.5. The van der Waals surface area contributed by atoms with Gasteiger partial charge in [0.25, 0.3) is 0 Å². The van der Waals surface area contributed by atoms with Crippen LogP contribution in [-0.2, 0) is 22.4 Å². The first kappa shape index (κ1) is 17.7. The Morgan fingerprint density at radius 2 is 1.83 bits per heavy atom. The zero-order valence-electron chi connectivity index (χ0n) is 14.9. The zero-order valence-corrected chi connectivity index (χ0v) is 14.9. The van der Waals surface area contributed by atoms with E-state index in [1.54, 1.807) is 6.92 Å². The molecule has 0 fully saturated rings. The Morgan fingerprint density at radius 3 is 2.48 bits per heavy atom. The molecule has 3 nitrogen and oxygen atoms in total. The van der Waals surface area contributed by atoms with Crippen molar-refractivity contribution in [3.63, 3.8) is 0 Å². The number of amides is 1. The van der Waals surface area contributed by atoms with Crippen molar-refractivity contribution in [3.05, 3.63) is 34.9 Å². The first-order chi connectivity index (χ1) is 10.8. The highest BCUT2D eigenvalue weighted by atomic mass is 16.2. The monoisotopic (exact) mass is 315 g/mol. The molecule has 1 atom stereocenters. The molecule has 0 saturated heterocycles. The van der Waals surface area contributed by atoms with Gasteiger partial charge in [0.1, 0.15) is 5.78 Å². The number of carbonyl (C=O) groups excluding carboxylic acids is 2. The number of Topliss-reactive ketones (excluding diaryl/α,β-unsaturated/α-hetero) is 1. The van der Waals surface area contributed by atoms with Crippen molar-refractivity contribution < 1.29 is 9.59 Å². The molecular weight excluding hydrogens is 286 g/mol. The fourth-order valence-corrected chi connectivity index (χ4v) is 3.10. The van der Waals surface area contributed by atoms with Crippen LogP contribution in [0.25, 0.3) is 0 Å². The highest BCUT2D eigenvalue weighted by molar-refractivity contribution is 5.83. The molecule has 1 aliphatic rings. The van der Waals surface area contributed by atoms with Crippen LogP contribution in [0.15, 0.2) is 18.2 Å². The SMILES string of the molecule is CC(=O)CCC(C)(C)C(=O)N[C@H](C)c1ccc2c(c1)CCCC2. The molecule has 0 heterocycles. The molecule has 1 amide bonds. The molecule has 23 heavy (non-hydrogen) atoms. The highest BCUT2D eigenvalue weighted by Crippen LogP contribution is 2.27. The van der Waals surface area contributed by atoms with Gasteiger partial charge in [-0.05, 0) is 62.6 Å². The second kappa shape index (κ2) is 7.29. The molecule has 0 bridgehead atoms. The fourth-order valence-electron chi connectivity index (χ4n) is 3.10. The topological polar surface area (TPSA) is 46.2 Å². The second-order valence-corrected chi connectivity index (χ2v) is 7.52. The summed E-state index contributed by atoms with van der Waals surface area (Å²) in [6.07, 6.45) is 5.90. The van der Waals surface area contributed by atoms with E-state index in [1.165, 1.54) is 36.0 Å². The quantitative estimate of drug-likeness (QED) is 0.857. The number of hydrogen-bond acceptors (Lipinski definition) is 2. The Bertz CT molecular complexity index is 589. The summed E-state index contributed by atoms with van der Waals surface area (Å²) in [5.74, 6) is 0.151. The summed E-state index contributed by atoms with van der Waals surface area (Å²) in [5.41, 5.74) is 3.54. The molecule has 3 heteroatoms. The third kappa shape index (κ3) is 4.66. The van der Waals surface area contributed by atoms with E-state index in [-0.39, 0.29) is 17.7 Å². The summed E-state index contributed by atoms with van der Waals surface area (Å²) >= 11 is 0. The van der Waals surface area contributed by atoms with Gasteiger partial charge < -0.3 is 10.1 Å².